The van der Waals surface area contributed by atoms with Gasteiger partial charge in [-0.2, -0.15) is 0 Å². The van der Waals surface area contributed by atoms with Gasteiger partial charge >= 0.3 is 0 Å². The molecule has 2 aliphatic rings. The van der Waals surface area contributed by atoms with Crippen molar-refractivity contribution in [3.63, 3.8) is 0 Å². The second-order valence-corrected chi connectivity index (χ2v) is 11.8. The molecule has 2 aliphatic heterocycles. The smallest absolute Gasteiger partial charge is 0.258 e. The first kappa shape index (κ1) is 28.7. The van der Waals surface area contributed by atoms with Gasteiger partial charge in [0.25, 0.3) is 5.91 Å². The molecule has 2 aromatic rings. The quantitative estimate of drug-likeness (QED) is 0.515. The normalized spacial score (nSPS) is 26.9. The van der Waals surface area contributed by atoms with Gasteiger partial charge in [-0.05, 0) is 61.8 Å². The Balaban J connectivity index is 1.67. The number of nitrogens with zero attached hydrogens (tertiary/aromatic N) is 2. The van der Waals surface area contributed by atoms with E-state index in [-0.39, 0.29) is 35.1 Å². The van der Waals surface area contributed by atoms with Crippen molar-refractivity contribution >= 4 is 34.6 Å². The van der Waals surface area contributed by atoms with Crippen molar-refractivity contribution in [1.29, 1.82) is 0 Å². The van der Waals surface area contributed by atoms with Gasteiger partial charge in [0.15, 0.2) is 0 Å². The van der Waals surface area contributed by atoms with E-state index >= 15 is 0 Å². The van der Waals surface area contributed by atoms with Crippen LogP contribution in [0.15, 0.2) is 36.5 Å². The first-order valence-corrected chi connectivity index (χ1v) is 13.8. The molecule has 39 heavy (non-hydrogen) atoms. The van der Waals surface area contributed by atoms with E-state index in [1.165, 1.54) is 5.01 Å². The van der Waals surface area contributed by atoms with Gasteiger partial charge in [0.2, 0.25) is 11.8 Å². The number of amides is 3. The zero-order valence-electron chi connectivity index (χ0n) is 23.8. The van der Waals surface area contributed by atoms with E-state index in [9.17, 15) is 14.4 Å². The molecule has 1 aromatic carbocycles. The Bertz CT molecular complexity index is 1260. The maximum absolute atomic E-state index is 13.2. The molecule has 9 nitrogen and oxygen atoms in total. The zero-order valence-corrected chi connectivity index (χ0v) is 23.8. The monoisotopic (exact) mass is 535 g/mol. The number of carbonyl (C=O) groups is 3. The summed E-state index contributed by atoms with van der Waals surface area (Å²) in [4.78, 5) is 44.1. The fourth-order valence-electron chi connectivity index (χ4n) is 4.89. The molecular weight excluding hydrogens is 494 g/mol. The summed E-state index contributed by atoms with van der Waals surface area (Å²) in [6, 6.07) is 6.57. The molecule has 0 aliphatic carbocycles. The van der Waals surface area contributed by atoms with Crippen molar-refractivity contribution in [3.8, 4) is 0 Å². The predicted molar refractivity (Wildman–Crippen MR) is 151 cm³/mol. The second kappa shape index (κ2) is 11.8. The van der Waals surface area contributed by atoms with Crippen molar-refractivity contribution in [1.82, 2.24) is 26.1 Å². The Morgan fingerprint density at radius 1 is 1.03 bits per heavy atom. The van der Waals surface area contributed by atoms with Crippen molar-refractivity contribution < 1.29 is 19.1 Å². The van der Waals surface area contributed by atoms with Crippen molar-refractivity contribution in [3.05, 3.63) is 47.8 Å². The van der Waals surface area contributed by atoms with Crippen LogP contribution in [-0.2, 0) is 19.1 Å². The largest absolute Gasteiger partial charge is 0.367 e. The van der Waals surface area contributed by atoms with E-state index in [1.54, 1.807) is 6.92 Å². The molecule has 0 saturated carbocycles. The molecule has 5 bridgehead atoms. The average molecular weight is 536 g/mol. The van der Waals surface area contributed by atoms with E-state index in [2.05, 4.69) is 27.1 Å². The lowest BCUT2D eigenvalue weighted by Gasteiger charge is -2.35. The highest BCUT2D eigenvalue weighted by Gasteiger charge is 2.33. The second-order valence-electron chi connectivity index (χ2n) is 11.8. The molecule has 0 unspecified atom stereocenters. The standard InChI is InChI=1S/C30H41N5O4/c1-18(2)26-28(37)33-20(4)29(38)35-13-7-8-25(34-35)27(36)32-19(3)21-9-10-22-16-31-24(15-23(22)14-21)11-12-30(5,6)17-39-26/h9-12,14-16,18-20,25-26,34H,7-8,13,17H2,1-6H3,(H,32,36)(H,33,37)/t19-,20+,25+,26+/m1/s1. The highest BCUT2D eigenvalue weighted by molar-refractivity contribution is 5.90. The van der Waals surface area contributed by atoms with Gasteiger partial charge in [0.05, 0.1) is 18.3 Å². The molecule has 3 N–H and O–H groups in total. The van der Waals surface area contributed by atoms with Gasteiger partial charge in [-0.15, -0.1) is 0 Å². The summed E-state index contributed by atoms with van der Waals surface area (Å²) < 4.78 is 6.12. The Kier molecular flexibility index (Phi) is 8.71. The minimum absolute atomic E-state index is 0.0896. The maximum Gasteiger partial charge on any atom is 0.258 e. The minimum atomic E-state index is -0.776. The number of carbonyl (C=O) groups excluding carboxylic acids is 3. The van der Waals surface area contributed by atoms with Crippen LogP contribution in [0, 0.1) is 11.3 Å². The first-order valence-electron chi connectivity index (χ1n) is 13.8. The van der Waals surface area contributed by atoms with E-state index < -0.39 is 18.2 Å². The summed E-state index contributed by atoms with van der Waals surface area (Å²) in [5, 5.41) is 9.41. The van der Waals surface area contributed by atoms with E-state index in [4.69, 9.17) is 4.74 Å². The third-order valence-electron chi connectivity index (χ3n) is 7.33. The number of hydrogen-bond acceptors (Lipinski definition) is 6. The summed E-state index contributed by atoms with van der Waals surface area (Å²) >= 11 is 0. The number of rotatable bonds is 1. The van der Waals surface area contributed by atoms with Crippen molar-refractivity contribution in [2.75, 3.05) is 13.2 Å². The molecule has 3 heterocycles. The van der Waals surface area contributed by atoms with Crippen LogP contribution in [0.2, 0.25) is 0 Å². The number of ether oxygens (including phenoxy) is 1. The summed E-state index contributed by atoms with van der Waals surface area (Å²) in [6.45, 7) is 12.3. The van der Waals surface area contributed by atoms with Gasteiger partial charge in [-0.3, -0.25) is 24.4 Å². The molecule has 9 heteroatoms. The van der Waals surface area contributed by atoms with Crippen LogP contribution in [0.1, 0.15) is 71.7 Å². The summed E-state index contributed by atoms with van der Waals surface area (Å²) in [6.07, 6.45) is 6.43. The van der Waals surface area contributed by atoms with Crippen molar-refractivity contribution in [2.24, 2.45) is 11.3 Å². The fourth-order valence-corrected chi connectivity index (χ4v) is 4.89. The van der Waals surface area contributed by atoms with Gasteiger partial charge in [0, 0.05) is 23.5 Å². The zero-order chi connectivity index (χ0) is 28.3. The highest BCUT2D eigenvalue weighted by Crippen LogP contribution is 2.25. The number of aromatic nitrogens is 1. The molecular formula is C30H41N5O4. The molecule has 1 saturated heterocycles. The molecule has 4 atom stereocenters. The third-order valence-corrected chi connectivity index (χ3v) is 7.33. The topological polar surface area (TPSA) is 113 Å². The number of hydrazine groups is 1. The Labute approximate surface area is 230 Å². The molecule has 210 valence electrons. The van der Waals surface area contributed by atoms with Crippen LogP contribution < -0.4 is 16.1 Å². The Morgan fingerprint density at radius 2 is 1.77 bits per heavy atom. The van der Waals surface area contributed by atoms with Crippen LogP contribution in [0.5, 0.6) is 0 Å². The van der Waals surface area contributed by atoms with Crippen LogP contribution in [0.3, 0.4) is 0 Å². The Hall–Kier alpha value is -3.30. The number of pyridine rings is 1. The van der Waals surface area contributed by atoms with Gasteiger partial charge in [-0.1, -0.05) is 45.9 Å². The fraction of sp³-hybridized carbons (Fsp3) is 0.533. The van der Waals surface area contributed by atoms with E-state index in [0.717, 1.165) is 22.0 Å². The average Bonchev–Trinajstić information content (AvgIpc) is 2.90. The highest BCUT2D eigenvalue weighted by atomic mass is 16.5. The lowest BCUT2D eigenvalue weighted by molar-refractivity contribution is -0.146. The minimum Gasteiger partial charge on any atom is -0.367 e. The molecule has 1 fully saturated rings. The number of fused-ring (bicyclic) bond motifs is 4. The number of benzene rings is 1. The maximum atomic E-state index is 13.2. The lowest BCUT2D eigenvalue weighted by Crippen LogP contribution is -2.61. The van der Waals surface area contributed by atoms with E-state index in [1.807, 2.05) is 71.2 Å². The molecule has 4 rings (SSSR count). The molecule has 1 aromatic heterocycles. The van der Waals surface area contributed by atoms with Gasteiger partial charge in [-0.25, -0.2) is 5.43 Å². The Morgan fingerprint density at radius 3 is 2.51 bits per heavy atom. The van der Waals surface area contributed by atoms with Crippen LogP contribution in [0.25, 0.3) is 16.8 Å². The predicted octanol–water partition coefficient (Wildman–Crippen LogP) is 3.51. The summed E-state index contributed by atoms with van der Waals surface area (Å²) in [5.41, 5.74) is 4.51. The first-order chi connectivity index (χ1) is 18.4. The van der Waals surface area contributed by atoms with Crippen LogP contribution in [0.4, 0.5) is 0 Å². The van der Waals surface area contributed by atoms with E-state index in [0.29, 0.717) is 26.0 Å². The summed E-state index contributed by atoms with van der Waals surface area (Å²) in [5.74, 6) is -0.879. The molecule has 0 spiro atoms. The third kappa shape index (κ3) is 7.02. The SMILES string of the molecule is CC(C)[C@@H]1OCC(C)(C)C=Cc2cc3cc(ccc3cn2)[C@@H](C)NC(=O)[C@@H]2CCCN(N2)C(=O)[C@H](C)NC1=O. The van der Waals surface area contributed by atoms with Crippen molar-refractivity contribution in [2.45, 2.75) is 78.6 Å². The number of hydrogen-bond donors (Lipinski definition) is 3. The summed E-state index contributed by atoms with van der Waals surface area (Å²) in [7, 11) is 0. The van der Waals surface area contributed by atoms with Gasteiger partial charge in [0.1, 0.15) is 18.2 Å². The van der Waals surface area contributed by atoms with Crippen LogP contribution in [-0.4, -0.2) is 59.1 Å². The lowest BCUT2D eigenvalue weighted by atomic mass is 9.93. The molecule has 3 amide bonds. The number of nitrogens with one attached hydrogen (secondary N) is 3. The van der Waals surface area contributed by atoms with Gasteiger partial charge < -0.3 is 15.4 Å². The molecule has 0 radical (unpaired) electrons. The van der Waals surface area contributed by atoms with Crippen LogP contribution >= 0.6 is 0 Å².